The first-order chi connectivity index (χ1) is 12.1. The zero-order chi connectivity index (χ0) is 17.4. The highest BCUT2D eigenvalue weighted by atomic mass is 16.5. The van der Waals surface area contributed by atoms with Crippen molar-refractivity contribution in [3.05, 3.63) is 59.2 Å². The Hall–Kier alpha value is -2.82. The van der Waals surface area contributed by atoms with Gasteiger partial charge in [0.2, 0.25) is 0 Å². The Morgan fingerprint density at radius 1 is 1.20 bits per heavy atom. The van der Waals surface area contributed by atoms with Crippen molar-refractivity contribution in [2.45, 2.75) is 25.8 Å². The summed E-state index contributed by atoms with van der Waals surface area (Å²) in [5.74, 6) is 0.383. The van der Waals surface area contributed by atoms with Gasteiger partial charge >= 0.3 is 0 Å². The molecule has 25 heavy (non-hydrogen) atoms. The molecule has 5 heteroatoms. The Balaban J connectivity index is 1.59. The quantitative estimate of drug-likeness (QED) is 0.915. The number of ether oxygens (including phenoxy) is 1. The Kier molecular flexibility index (Phi) is 3.92. The van der Waals surface area contributed by atoms with Crippen LogP contribution in [0.4, 0.5) is 5.69 Å². The smallest absolute Gasteiger partial charge is 0.262 e. The molecule has 1 atom stereocenters. The number of carbonyl (C=O) groups excluding carboxylic acids is 2. The minimum atomic E-state index is -0.175. The van der Waals surface area contributed by atoms with Crippen molar-refractivity contribution in [3.63, 3.8) is 0 Å². The van der Waals surface area contributed by atoms with Gasteiger partial charge in [-0.25, -0.2) is 0 Å². The number of carbonyl (C=O) groups is 2. The second-order valence-electron chi connectivity index (χ2n) is 6.62. The molecule has 2 aliphatic heterocycles. The molecule has 1 saturated heterocycles. The summed E-state index contributed by atoms with van der Waals surface area (Å²) in [6.07, 6.45) is 1.98. The predicted octanol–water partition coefficient (Wildman–Crippen LogP) is 3.30. The predicted molar refractivity (Wildman–Crippen MR) is 94.8 cm³/mol. The van der Waals surface area contributed by atoms with Gasteiger partial charge in [-0.15, -0.1) is 0 Å². The van der Waals surface area contributed by atoms with E-state index in [1.54, 1.807) is 18.2 Å². The number of anilines is 1. The van der Waals surface area contributed by atoms with Crippen LogP contribution in [0.25, 0.3) is 0 Å². The number of nitrogens with zero attached hydrogens (tertiary/aromatic N) is 1. The Bertz CT molecular complexity index is 829. The van der Waals surface area contributed by atoms with Crippen LogP contribution < -0.4 is 10.1 Å². The SMILES string of the molecule is Cc1ccc([C@H]2CCCN2C(=O)c2ccc3c(c2)OCC(=O)N3)cc1. The molecular formula is C20H20N2O3. The molecule has 0 aliphatic carbocycles. The molecule has 0 radical (unpaired) electrons. The van der Waals surface area contributed by atoms with E-state index in [2.05, 4.69) is 36.5 Å². The van der Waals surface area contributed by atoms with E-state index in [0.717, 1.165) is 19.4 Å². The fourth-order valence-corrected chi connectivity index (χ4v) is 3.52. The number of hydrogen-bond donors (Lipinski definition) is 1. The summed E-state index contributed by atoms with van der Waals surface area (Å²) < 4.78 is 5.43. The topological polar surface area (TPSA) is 58.6 Å². The maximum absolute atomic E-state index is 13.0. The fraction of sp³-hybridized carbons (Fsp3) is 0.300. The minimum absolute atomic E-state index is 0.00590. The van der Waals surface area contributed by atoms with Crippen molar-refractivity contribution in [2.75, 3.05) is 18.5 Å². The highest BCUT2D eigenvalue weighted by Crippen LogP contribution is 2.35. The molecule has 5 nitrogen and oxygen atoms in total. The van der Waals surface area contributed by atoms with Gasteiger partial charge in [0.1, 0.15) is 5.75 Å². The first kappa shape index (κ1) is 15.7. The molecule has 2 aromatic carbocycles. The van der Waals surface area contributed by atoms with Crippen LogP contribution in [0.15, 0.2) is 42.5 Å². The van der Waals surface area contributed by atoms with Gasteiger partial charge < -0.3 is 15.0 Å². The molecule has 2 aromatic rings. The largest absolute Gasteiger partial charge is 0.482 e. The second kappa shape index (κ2) is 6.24. The number of hydrogen-bond acceptors (Lipinski definition) is 3. The van der Waals surface area contributed by atoms with Gasteiger partial charge in [-0.05, 0) is 43.5 Å². The number of fused-ring (bicyclic) bond motifs is 1. The van der Waals surface area contributed by atoms with Crippen LogP contribution in [0.1, 0.15) is 40.4 Å². The molecule has 128 valence electrons. The number of likely N-dealkylation sites (tertiary alicyclic amines) is 1. The number of nitrogens with one attached hydrogen (secondary N) is 1. The standard InChI is InChI=1S/C20H20N2O3/c1-13-4-6-14(7-5-13)17-3-2-10-22(17)20(24)15-8-9-16-18(11-15)25-12-19(23)21-16/h4-9,11,17H,2-3,10,12H2,1H3,(H,21,23)/t17-/m1/s1. The van der Waals surface area contributed by atoms with Crippen LogP contribution in [-0.2, 0) is 4.79 Å². The van der Waals surface area contributed by atoms with E-state index in [1.165, 1.54) is 11.1 Å². The van der Waals surface area contributed by atoms with Crippen LogP contribution in [0.2, 0.25) is 0 Å². The summed E-state index contributed by atoms with van der Waals surface area (Å²) in [5, 5.41) is 2.75. The zero-order valence-corrected chi connectivity index (χ0v) is 14.1. The highest BCUT2D eigenvalue weighted by molar-refractivity contribution is 5.99. The van der Waals surface area contributed by atoms with Gasteiger partial charge in [0, 0.05) is 12.1 Å². The molecular weight excluding hydrogens is 316 g/mol. The van der Waals surface area contributed by atoms with Crippen LogP contribution in [0.5, 0.6) is 5.75 Å². The third-order valence-electron chi connectivity index (χ3n) is 4.84. The Labute approximate surface area is 146 Å². The van der Waals surface area contributed by atoms with E-state index in [1.807, 2.05) is 4.90 Å². The lowest BCUT2D eigenvalue weighted by atomic mass is 10.0. The van der Waals surface area contributed by atoms with E-state index < -0.39 is 0 Å². The van der Waals surface area contributed by atoms with Gasteiger partial charge in [-0.3, -0.25) is 9.59 Å². The lowest BCUT2D eigenvalue weighted by Crippen LogP contribution is -2.31. The molecule has 1 fully saturated rings. The van der Waals surface area contributed by atoms with Crippen molar-refractivity contribution in [2.24, 2.45) is 0 Å². The van der Waals surface area contributed by atoms with Crippen molar-refractivity contribution in [3.8, 4) is 5.75 Å². The Morgan fingerprint density at radius 2 is 2.00 bits per heavy atom. The third-order valence-corrected chi connectivity index (χ3v) is 4.84. The van der Waals surface area contributed by atoms with Crippen molar-refractivity contribution in [1.82, 2.24) is 4.90 Å². The molecule has 0 aromatic heterocycles. The number of aryl methyl sites for hydroxylation is 1. The van der Waals surface area contributed by atoms with Gasteiger partial charge in [0.15, 0.2) is 6.61 Å². The van der Waals surface area contributed by atoms with Gasteiger partial charge in [-0.2, -0.15) is 0 Å². The number of rotatable bonds is 2. The summed E-state index contributed by atoms with van der Waals surface area (Å²) in [5.41, 5.74) is 3.60. The van der Waals surface area contributed by atoms with E-state index in [9.17, 15) is 9.59 Å². The normalized spacial score (nSPS) is 19.2. The summed E-state index contributed by atoms with van der Waals surface area (Å²) in [6.45, 7) is 2.81. The van der Waals surface area contributed by atoms with Crippen LogP contribution in [0, 0.1) is 6.92 Å². The summed E-state index contributed by atoms with van der Waals surface area (Å²) in [7, 11) is 0. The second-order valence-corrected chi connectivity index (χ2v) is 6.62. The molecule has 2 heterocycles. The highest BCUT2D eigenvalue weighted by Gasteiger charge is 2.31. The van der Waals surface area contributed by atoms with Crippen molar-refractivity contribution < 1.29 is 14.3 Å². The van der Waals surface area contributed by atoms with Gasteiger partial charge in [-0.1, -0.05) is 29.8 Å². The summed E-state index contributed by atoms with van der Waals surface area (Å²) >= 11 is 0. The summed E-state index contributed by atoms with van der Waals surface area (Å²) in [4.78, 5) is 26.3. The average molecular weight is 336 g/mol. The lowest BCUT2D eigenvalue weighted by Gasteiger charge is -2.26. The molecule has 0 bridgehead atoms. The molecule has 0 spiro atoms. The van der Waals surface area contributed by atoms with Crippen LogP contribution in [0.3, 0.4) is 0 Å². The first-order valence-corrected chi connectivity index (χ1v) is 8.56. The van der Waals surface area contributed by atoms with E-state index in [0.29, 0.717) is 17.0 Å². The number of benzene rings is 2. The Morgan fingerprint density at radius 3 is 2.80 bits per heavy atom. The molecule has 0 unspecified atom stereocenters. The maximum Gasteiger partial charge on any atom is 0.262 e. The third kappa shape index (κ3) is 2.97. The molecule has 4 rings (SSSR count). The first-order valence-electron chi connectivity index (χ1n) is 8.56. The van der Waals surface area contributed by atoms with Crippen LogP contribution in [-0.4, -0.2) is 29.9 Å². The minimum Gasteiger partial charge on any atom is -0.482 e. The van der Waals surface area contributed by atoms with Gasteiger partial charge in [0.05, 0.1) is 11.7 Å². The monoisotopic (exact) mass is 336 g/mol. The van der Waals surface area contributed by atoms with E-state index in [-0.39, 0.29) is 24.5 Å². The van der Waals surface area contributed by atoms with Crippen molar-refractivity contribution in [1.29, 1.82) is 0 Å². The van der Waals surface area contributed by atoms with Crippen molar-refractivity contribution >= 4 is 17.5 Å². The lowest BCUT2D eigenvalue weighted by molar-refractivity contribution is -0.118. The summed E-state index contributed by atoms with van der Waals surface area (Å²) in [6, 6.07) is 13.7. The molecule has 0 saturated carbocycles. The molecule has 2 aliphatic rings. The van der Waals surface area contributed by atoms with Crippen LogP contribution >= 0.6 is 0 Å². The van der Waals surface area contributed by atoms with E-state index >= 15 is 0 Å². The molecule has 2 amide bonds. The van der Waals surface area contributed by atoms with E-state index in [4.69, 9.17) is 4.74 Å². The molecule has 1 N–H and O–H groups in total. The van der Waals surface area contributed by atoms with Gasteiger partial charge in [0.25, 0.3) is 11.8 Å². The maximum atomic E-state index is 13.0. The average Bonchev–Trinajstić information content (AvgIpc) is 3.11. The zero-order valence-electron chi connectivity index (χ0n) is 14.1. The number of amides is 2. The fourth-order valence-electron chi connectivity index (χ4n) is 3.52.